The quantitative estimate of drug-likeness (QED) is 0.167. The van der Waals surface area contributed by atoms with Crippen LogP contribution in [0.4, 0.5) is 17.1 Å². The Morgan fingerprint density at radius 2 is 0.900 bits per heavy atom. The molecule has 9 aromatic rings. The zero-order valence-corrected chi connectivity index (χ0v) is 33.6. The molecule has 288 valence electrons. The molecule has 1 spiro atoms. The average Bonchev–Trinajstić information content (AvgIpc) is 3.83. The number of para-hydroxylation sites is 1. The summed E-state index contributed by atoms with van der Waals surface area (Å²) in [6.45, 7) is 0. The molecule has 2 nitrogen and oxygen atoms in total. The number of hydrogen-bond acceptors (Lipinski definition) is 2. The van der Waals surface area contributed by atoms with E-state index in [0.29, 0.717) is 0 Å². The standard InChI is InChI=1S/C58H45NO/c1-2-9-39(10-3-1)41-21-25-46(26-22-41)59(48-29-30-52-51-12-5-7-16-55(51)60-56(52)36-48)47-27-23-42(24-28-47)40-17-19-43(20-18-40)49-13-8-14-53-50-11-4-6-15-54(50)58(57(49)53)44-32-37-31-38(34-44)35-45(58)33-37/h1-30,36-38,44-45H,31-35H2. The fourth-order valence-corrected chi connectivity index (χ4v) is 12.8. The number of hydrogen-bond donors (Lipinski definition) is 0. The fourth-order valence-electron chi connectivity index (χ4n) is 12.8. The Morgan fingerprint density at radius 1 is 0.383 bits per heavy atom. The molecule has 0 amide bonds. The molecule has 4 bridgehead atoms. The predicted octanol–water partition coefficient (Wildman–Crippen LogP) is 15.8. The van der Waals surface area contributed by atoms with Crippen LogP contribution in [0.2, 0.25) is 0 Å². The van der Waals surface area contributed by atoms with Gasteiger partial charge in [0.15, 0.2) is 0 Å². The van der Waals surface area contributed by atoms with Crippen molar-refractivity contribution in [3.63, 3.8) is 0 Å². The van der Waals surface area contributed by atoms with Crippen LogP contribution in [-0.4, -0.2) is 0 Å². The van der Waals surface area contributed by atoms with Gasteiger partial charge in [0.25, 0.3) is 0 Å². The molecule has 0 N–H and O–H groups in total. The maximum absolute atomic E-state index is 6.38. The van der Waals surface area contributed by atoms with Crippen molar-refractivity contribution >= 4 is 39.0 Å². The molecule has 4 fully saturated rings. The smallest absolute Gasteiger partial charge is 0.137 e. The lowest BCUT2D eigenvalue weighted by molar-refractivity contribution is -0.0397. The molecule has 0 radical (unpaired) electrons. The lowest BCUT2D eigenvalue weighted by atomic mass is 9.42. The second kappa shape index (κ2) is 13.2. The predicted molar refractivity (Wildman–Crippen MR) is 248 cm³/mol. The normalized spacial score (nSPS) is 22.1. The third kappa shape index (κ3) is 5.07. The van der Waals surface area contributed by atoms with E-state index in [0.717, 1.165) is 62.7 Å². The van der Waals surface area contributed by atoms with Gasteiger partial charge in [0.2, 0.25) is 0 Å². The third-order valence-electron chi connectivity index (χ3n) is 15.1. The molecule has 0 aliphatic heterocycles. The number of anilines is 3. The third-order valence-corrected chi connectivity index (χ3v) is 15.1. The lowest BCUT2D eigenvalue weighted by Crippen LogP contribution is -2.55. The molecule has 4 saturated carbocycles. The van der Waals surface area contributed by atoms with Crippen molar-refractivity contribution in [3.8, 4) is 44.5 Å². The van der Waals surface area contributed by atoms with Gasteiger partial charge in [-0.25, -0.2) is 0 Å². The molecule has 60 heavy (non-hydrogen) atoms. The summed E-state index contributed by atoms with van der Waals surface area (Å²) >= 11 is 0. The van der Waals surface area contributed by atoms with Gasteiger partial charge in [-0.2, -0.15) is 0 Å². The summed E-state index contributed by atoms with van der Waals surface area (Å²) in [6.07, 6.45) is 7.06. The molecule has 0 atom stereocenters. The minimum absolute atomic E-state index is 0.146. The molecule has 5 aliphatic rings. The van der Waals surface area contributed by atoms with Crippen LogP contribution in [0.15, 0.2) is 192 Å². The highest BCUT2D eigenvalue weighted by molar-refractivity contribution is 6.06. The monoisotopic (exact) mass is 771 g/mol. The van der Waals surface area contributed by atoms with E-state index < -0.39 is 0 Å². The minimum atomic E-state index is 0.146. The Balaban J connectivity index is 0.860. The Labute approximate surface area is 351 Å². The van der Waals surface area contributed by atoms with Gasteiger partial charge >= 0.3 is 0 Å². The van der Waals surface area contributed by atoms with Gasteiger partial charge in [0.05, 0.1) is 0 Å². The molecule has 8 aromatic carbocycles. The van der Waals surface area contributed by atoms with E-state index in [4.69, 9.17) is 4.42 Å². The largest absolute Gasteiger partial charge is 0.456 e. The van der Waals surface area contributed by atoms with Crippen molar-refractivity contribution in [1.29, 1.82) is 0 Å². The number of furan rings is 1. The van der Waals surface area contributed by atoms with Crippen LogP contribution in [0.5, 0.6) is 0 Å². The minimum Gasteiger partial charge on any atom is -0.456 e. The average molecular weight is 772 g/mol. The molecular formula is C58H45NO. The summed E-state index contributed by atoms with van der Waals surface area (Å²) in [6, 6.07) is 69.5. The van der Waals surface area contributed by atoms with Gasteiger partial charge in [-0.05, 0) is 154 Å². The molecular weight excluding hydrogens is 727 g/mol. The zero-order chi connectivity index (χ0) is 39.4. The highest BCUT2D eigenvalue weighted by Gasteiger charge is 2.62. The summed E-state index contributed by atoms with van der Waals surface area (Å²) < 4.78 is 6.38. The topological polar surface area (TPSA) is 16.4 Å². The molecule has 0 unspecified atom stereocenters. The van der Waals surface area contributed by atoms with Crippen molar-refractivity contribution in [2.24, 2.45) is 23.7 Å². The second-order valence-corrected chi connectivity index (χ2v) is 18.1. The Morgan fingerprint density at radius 3 is 1.60 bits per heavy atom. The van der Waals surface area contributed by atoms with Gasteiger partial charge < -0.3 is 9.32 Å². The van der Waals surface area contributed by atoms with Crippen molar-refractivity contribution in [2.45, 2.75) is 37.5 Å². The van der Waals surface area contributed by atoms with Crippen LogP contribution < -0.4 is 4.90 Å². The molecule has 1 heterocycles. The Hall–Kier alpha value is -6.64. The fraction of sp³-hybridized carbons (Fsp3) is 0.172. The molecule has 1 aromatic heterocycles. The van der Waals surface area contributed by atoms with Crippen molar-refractivity contribution in [2.75, 3.05) is 4.90 Å². The summed E-state index contributed by atoms with van der Waals surface area (Å²) in [5.41, 5.74) is 19.0. The number of nitrogens with zero attached hydrogens (tertiary/aromatic N) is 1. The molecule has 2 heteroatoms. The SMILES string of the molecule is c1ccc(-c2ccc(N(c3ccc(-c4ccc(-c5cccc6c5C5(c7ccccc7-6)C6CC7CC(C6)CC5C7)cc4)cc3)c3ccc4c(c3)oc3ccccc34)cc2)cc1. The Bertz CT molecular complexity index is 3050. The summed E-state index contributed by atoms with van der Waals surface area (Å²) in [4.78, 5) is 2.34. The van der Waals surface area contributed by atoms with Crippen LogP contribution >= 0.6 is 0 Å². The first-order valence-corrected chi connectivity index (χ1v) is 22.0. The zero-order valence-electron chi connectivity index (χ0n) is 33.6. The first kappa shape index (κ1) is 34.2. The maximum atomic E-state index is 6.38. The van der Waals surface area contributed by atoms with Crippen LogP contribution in [-0.2, 0) is 5.41 Å². The lowest BCUT2D eigenvalue weighted by Gasteiger charge is -2.61. The van der Waals surface area contributed by atoms with E-state index in [1.54, 1.807) is 11.1 Å². The van der Waals surface area contributed by atoms with E-state index in [-0.39, 0.29) is 5.41 Å². The second-order valence-electron chi connectivity index (χ2n) is 18.1. The molecule has 14 rings (SSSR count). The number of rotatable bonds is 6. The summed E-state index contributed by atoms with van der Waals surface area (Å²) in [5.74, 6) is 3.36. The van der Waals surface area contributed by atoms with E-state index >= 15 is 0 Å². The van der Waals surface area contributed by atoms with Crippen molar-refractivity contribution in [1.82, 2.24) is 0 Å². The first-order chi connectivity index (χ1) is 29.7. The number of fused-ring (bicyclic) bond motifs is 6. The van der Waals surface area contributed by atoms with Gasteiger partial charge in [-0.3, -0.25) is 0 Å². The summed E-state index contributed by atoms with van der Waals surface area (Å²) in [7, 11) is 0. The van der Waals surface area contributed by atoms with Crippen LogP contribution in [0, 0.1) is 23.7 Å². The van der Waals surface area contributed by atoms with Crippen molar-refractivity contribution < 1.29 is 4.42 Å². The van der Waals surface area contributed by atoms with Gasteiger partial charge in [-0.1, -0.05) is 140 Å². The van der Waals surface area contributed by atoms with E-state index in [1.807, 2.05) is 12.1 Å². The van der Waals surface area contributed by atoms with Gasteiger partial charge in [0.1, 0.15) is 11.2 Å². The molecule has 0 saturated heterocycles. The van der Waals surface area contributed by atoms with Gasteiger partial charge in [0, 0.05) is 39.3 Å². The maximum Gasteiger partial charge on any atom is 0.137 e. The molecule has 5 aliphatic carbocycles. The van der Waals surface area contributed by atoms with Gasteiger partial charge in [-0.15, -0.1) is 0 Å². The first-order valence-electron chi connectivity index (χ1n) is 22.0. The summed E-state index contributed by atoms with van der Waals surface area (Å²) in [5, 5.41) is 2.27. The number of benzene rings is 8. The van der Waals surface area contributed by atoms with Crippen LogP contribution in [0.25, 0.3) is 66.4 Å². The van der Waals surface area contributed by atoms with E-state index in [9.17, 15) is 0 Å². The van der Waals surface area contributed by atoms with E-state index in [1.165, 1.54) is 76.6 Å². The van der Waals surface area contributed by atoms with Crippen LogP contribution in [0.3, 0.4) is 0 Å². The Kier molecular flexibility index (Phi) is 7.52. The van der Waals surface area contributed by atoms with E-state index in [2.05, 4.69) is 181 Å². The van der Waals surface area contributed by atoms with Crippen LogP contribution in [0.1, 0.15) is 43.2 Å². The highest BCUT2D eigenvalue weighted by Crippen LogP contribution is 2.70. The highest BCUT2D eigenvalue weighted by atomic mass is 16.3. The van der Waals surface area contributed by atoms with Crippen molar-refractivity contribution in [3.05, 3.63) is 199 Å².